The van der Waals surface area contributed by atoms with Gasteiger partial charge in [-0.2, -0.15) is 0 Å². The zero-order valence-corrected chi connectivity index (χ0v) is 33.9. The molecular formula is C40H58N8O10. The molecule has 1 atom stereocenters. The van der Waals surface area contributed by atoms with Crippen molar-refractivity contribution in [2.24, 2.45) is 11.7 Å². The Bertz CT molecular complexity index is 1900. The van der Waals surface area contributed by atoms with Crippen molar-refractivity contribution in [1.29, 1.82) is 0 Å². The van der Waals surface area contributed by atoms with Crippen LogP contribution >= 0.6 is 0 Å². The fourth-order valence-electron chi connectivity index (χ4n) is 6.86. The van der Waals surface area contributed by atoms with E-state index in [0.29, 0.717) is 45.3 Å². The summed E-state index contributed by atoms with van der Waals surface area (Å²) in [6, 6.07) is 2.64. The van der Waals surface area contributed by atoms with Crippen LogP contribution in [0.25, 0.3) is 0 Å². The summed E-state index contributed by atoms with van der Waals surface area (Å²) in [5.74, 6) is -4.34. The molecule has 0 aliphatic carbocycles. The third-order valence-electron chi connectivity index (χ3n) is 9.92. The second kappa shape index (κ2) is 21.6. The average molecular weight is 811 g/mol. The lowest BCUT2D eigenvalue weighted by molar-refractivity contribution is -0.125. The lowest BCUT2D eigenvalue weighted by Crippen LogP contribution is -2.54. The minimum atomic E-state index is -1.01. The van der Waals surface area contributed by atoms with Crippen LogP contribution in [-0.4, -0.2) is 83.9 Å². The molecule has 9 N–H and O–H groups in total. The fraction of sp³-hybridized carbons (Fsp3) is 0.525. The first kappa shape index (κ1) is 46.5. The van der Waals surface area contributed by atoms with Gasteiger partial charge in [0.2, 0.25) is 22.2 Å². The van der Waals surface area contributed by atoms with E-state index in [0.717, 1.165) is 18.2 Å². The van der Waals surface area contributed by atoms with Crippen molar-refractivity contribution in [3.8, 4) is 17.2 Å². The molecule has 3 aromatic rings. The molecule has 0 unspecified atom stereocenters. The molecule has 0 aliphatic heterocycles. The van der Waals surface area contributed by atoms with Crippen LogP contribution in [0.3, 0.4) is 0 Å². The zero-order valence-electron chi connectivity index (χ0n) is 33.9. The zero-order chi connectivity index (χ0) is 43.2. The van der Waals surface area contributed by atoms with E-state index < -0.39 is 68.7 Å². The van der Waals surface area contributed by atoms with Crippen LogP contribution in [-0.2, 0) is 24.4 Å². The van der Waals surface area contributed by atoms with Gasteiger partial charge in [0.25, 0.3) is 17.7 Å². The standard InChI is InChI=1S/C40H58N8O10/c1-6-46-21-12-27(49)33(52)30(46)37(56)42-18-9-15-40(45-36(55)26(41)24-25(4)5,16-10-19-43-38(57)31-34(53)28(50)13-22-47(31)7-2)17-11-20-44-39(58)32-35(54)29(51)14-23-48(32)8-3/h12-14,21-23,25-26,52-54H,6-11,15-20,24,41H2,1-5H3,(H,42,56)(H,43,57)(H,44,58)(H,45,55)/t26-/m0/s1. The number of aryl methyl sites for hydroxylation is 3. The van der Waals surface area contributed by atoms with Crippen LogP contribution in [0.5, 0.6) is 17.2 Å². The first-order valence-electron chi connectivity index (χ1n) is 19.7. The van der Waals surface area contributed by atoms with Gasteiger partial charge in [-0.3, -0.25) is 33.6 Å². The molecule has 4 amide bonds. The van der Waals surface area contributed by atoms with Crippen LogP contribution in [0.2, 0.25) is 0 Å². The summed E-state index contributed by atoms with van der Waals surface area (Å²) in [6.07, 6.45) is 6.37. The number of rotatable bonds is 22. The molecule has 0 saturated carbocycles. The van der Waals surface area contributed by atoms with Crippen LogP contribution in [0.1, 0.15) is 111 Å². The van der Waals surface area contributed by atoms with Gasteiger partial charge >= 0.3 is 0 Å². The number of carbonyl (C=O) groups is 4. The summed E-state index contributed by atoms with van der Waals surface area (Å²) in [6.45, 7) is 10.3. The summed E-state index contributed by atoms with van der Waals surface area (Å²) in [7, 11) is 0. The van der Waals surface area contributed by atoms with Gasteiger partial charge in [0, 0.05) is 81.6 Å². The van der Waals surface area contributed by atoms with Crippen molar-refractivity contribution < 1.29 is 34.5 Å². The maximum absolute atomic E-state index is 13.7. The van der Waals surface area contributed by atoms with E-state index in [1.165, 1.54) is 32.3 Å². The Morgan fingerprint density at radius 1 is 0.621 bits per heavy atom. The van der Waals surface area contributed by atoms with Gasteiger partial charge < -0.3 is 56.0 Å². The number of nitrogens with zero attached hydrogens (tertiary/aromatic N) is 3. The molecule has 318 valence electrons. The first-order valence-corrected chi connectivity index (χ1v) is 19.7. The first-order chi connectivity index (χ1) is 27.5. The van der Waals surface area contributed by atoms with Crippen molar-refractivity contribution in [1.82, 2.24) is 35.0 Å². The molecule has 0 fully saturated rings. The average Bonchev–Trinajstić information content (AvgIpc) is 3.19. The highest BCUT2D eigenvalue weighted by molar-refractivity contribution is 5.96. The molecule has 0 bridgehead atoms. The molecule has 3 heterocycles. The van der Waals surface area contributed by atoms with E-state index in [-0.39, 0.29) is 61.9 Å². The Kier molecular flexibility index (Phi) is 17.3. The molecule has 58 heavy (non-hydrogen) atoms. The van der Waals surface area contributed by atoms with Crippen molar-refractivity contribution in [3.63, 3.8) is 0 Å². The van der Waals surface area contributed by atoms with Gasteiger partial charge in [0.1, 0.15) is 0 Å². The van der Waals surface area contributed by atoms with E-state index >= 15 is 0 Å². The van der Waals surface area contributed by atoms with Gasteiger partial charge in [-0.1, -0.05) is 13.8 Å². The Morgan fingerprint density at radius 2 is 0.931 bits per heavy atom. The van der Waals surface area contributed by atoms with Crippen LogP contribution in [0.4, 0.5) is 0 Å². The summed E-state index contributed by atoms with van der Waals surface area (Å²) in [5.41, 5.74) is 2.67. The number of hydrogen-bond donors (Lipinski definition) is 8. The van der Waals surface area contributed by atoms with E-state index in [9.17, 15) is 48.9 Å². The SMILES string of the molecule is CCn1ccc(=O)c(O)c1C(=O)NCCCC(CCCNC(=O)c1c(O)c(=O)ccn1CC)(CCCNC(=O)c1c(O)c(=O)ccn1CC)NC(=O)[C@@H](N)CC(C)C. The summed E-state index contributed by atoms with van der Waals surface area (Å²) in [5, 5.41) is 42.5. The van der Waals surface area contributed by atoms with Crippen molar-refractivity contribution in [3.05, 3.63) is 84.5 Å². The second-order valence-corrected chi connectivity index (χ2v) is 14.6. The van der Waals surface area contributed by atoms with Crippen LogP contribution < -0.4 is 43.3 Å². The lowest BCUT2D eigenvalue weighted by atomic mass is 9.83. The predicted octanol–water partition coefficient (Wildman–Crippen LogP) is 1.51. The number of nitrogens with one attached hydrogen (secondary N) is 4. The third-order valence-corrected chi connectivity index (χ3v) is 9.92. The largest absolute Gasteiger partial charge is 0.503 e. The van der Waals surface area contributed by atoms with Gasteiger partial charge in [-0.15, -0.1) is 0 Å². The number of aromatic nitrogens is 3. The monoisotopic (exact) mass is 810 g/mol. The highest BCUT2D eigenvalue weighted by Gasteiger charge is 2.33. The summed E-state index contributed by atoms with van der Waals surface area (Å²) < 4.78 is 4.33. The molecule has 3 aromatic heterocycles. The van der Waals surface area contributed by atoms with Gasteiger partial charge in [-0.25, -0.2) is 0 Å². The van der Waals surface area contributed by atoms with Crippen LogP contribution in [0.15, 0.2) is 51.2 Å². The molecule has 0 saturated heterocycles. The predicted molar refractivity (Wildman–Crippen MR) is 217 cm³/mol. The van der Waals surface area contributed by atoms with E-state index in [4.69, 9.17) is 5.73 Å². The number of pyridine rings is 3. The summed E-state index contributed by atoms with van der Waals surface area (Å²) in [4.78, 5) is 89.6. The van der Waals surface area contributed by atoms with Crippen LogP contribution in [0, 0.1) is 5.92 Å². The minimum Gasteiger partial charge on any atom is -0.503 e. The van der Waals surface area contributed by atoms with Gasteiger partial charge in [0.05, 0.1) is 6.04 Å². The molecule has 0 aromatic carbocycles. The number of nitrogens with two attached hydrogens (primary N) is 1. The number of aromatic hydroxyl groups is 3. The molecule has 18 nitrogen and oxygen atoms in total. The molecular weight excluding hydrogens is 752 g/mol. The molecule has 0 spiro atoms. The Balaban J connectivity index is 1.88. The molecule has 3 rings (SSSR count). The Hall–Kier alpha value is -5.91. The number of carbonyl (C=O) groups excluding carboxylic acids is 4. The lowest BCUT2D eigenvalue weighted by Gasteiger charge is -2.37. The topological polar surface area (TPSA) is 269 Å². The number of amides is 4. The van der Waals surface area contributed by atoms with E-state index in [2.05, 4.69) is 21.3 Å². The number of hydrogen-bond acceptors (Lipinski definition) is 11. The fourth-order valence-corrected chi connectivity index (χ4v) is 6.86. The molecule has 0 radical (unpaired) electrons. The Labute approximate surface area is 336 Å². The maximum atomic E-state index is 13.7. The van der Waals surface area contributed by atoms with Gasteiger partial charge in [0.15, 0.2) is 34.3 Å². The Morgan fingerprint density at radius 3 is 1.21 bits per heavy atom. The van der Waals surface area contributed by atoms with Crippen molar-refractivity contribution >= 4 is 23.6 Å². The second-order valence-electron chi connectivity index (χ2n) is 14.6. The van der Waals surface area contributed by atoms with Crippen molar-refractivity contribution in [2.45, 2.75) is 111 Å². The highest BCUT2D eigenvalue weighted by atomic mass is 16.3. The van der Waals surface area contributed by atoms with Crippen molar-refractivity contribution in [2.75, 3.05) is 19.6 Å². The third kappa shape index (κ3) is 12.0. The minimum absolute atomic E-state index is 0.0812. The highest BCUT2D eigenvalue weighted by Crippen LogP contribution is 2.27. The maximum Gasteiger partial charge on any atom is 0.271 e. The quantitative estimate of drug-likeness (QED) is 0.0674. The van der Waals surface area contributed by atoms with E-state index in [1.54, 1.807) is 20.8 Å². The smallest absolute Gasteiger partial charge is 0.271 e. The normalized spacial score (nSPS) is 11.9. The van der Waals surface area contributed by atoms with E-state index in [1.807, 2.05) is 13.8 Å². The summed E-state index contributed by atoms with van der Waals surface area (Å²) >= 11 is 0. The molecule has 18 heteroatoms. The molecule has 0 aliphatic rings. The van der Waals surface area contributed by atoms with Gasteiger partial charge in [-0.05, 0) is 71.6 Å².